The molecule has 0 saturated carbocycles. The second kappa shape index (κ2) is 5.85. The summed E-state index contributed by atoms with van der Waals surface area (Å²) in [6.07, 6.45) is 2.20. The molecule has 106 valence electrons. The van der Waals surface area contributed by atoms with Gasteiger partial charge in [0.2, 0.25) is 0 Å². The first-order valence-electron chi connectivity index (χ1n) is 6.46. The van der Waals surface area contributed by atoms with Crippen molar-refractivity contribution < 1.29 is 13.9 Å². The molecule has 0 spiro atoms. The molecule has 0 amide bonds. The lowest BCUT2D eigenvalue weighted by Gasteiger charge is -2.22. The molecule has 1 saturated heterocycles. The van der Waals surface area contributed by atoms with E-state index in [0.29, 0.717) is 13.0 Å². The molecule has 2 nitrogen and oxygen atoms in total. The number of likely N-dealkylation sites (tertiary alicyclic amines) is 1. The Balaban J connectivity index is 2.11. The van der Waals surface area contributed by atoms with Gasteiger partial charge in [0.15, 0.2) is 0 Å². The van der Waals surface area contributed by atoms with Gasteiger partial charge in [-0.2, -0.15) is 0 Å². The summed E-state index contributed by atoms with van der Waals surface area (Å²) in [4.78, 5) is 2.00. The van der Waals surface area contributed by atoms with Crippen molar-refractivity contribution in [1.82, 2.24) is 4.90 Å². The number of rotatable bonds is 2. The Kier molecular flexibility index (Phi) is 4.58. The Labute approximate surface area is 120 Å². The van der Waals surface area contributed by atoms with Crippen LogP contribution in [0.3, 0.4) is 0 Å². The Morgan fingerprint density at radius 3 is 2.79 bits per heavy atom. The van der Waals surface area contributed by atoms with Gasteiger partial charge >= 0.3 is 0 Å². The third-order valence-electron chi connectivity index (χ3n) is 3.68. The van der Waals surface area contributed by atoms with Crippen molar-refractivity contribution in [3.05, 3.63) is 33.8 Å². The second-order valence-corrected chi connectivity index (χ2v) is 6.30. The quantitative estimate of drug-likeness (QED) is 0.838. The molecule has 5 heteroatoms. The van der Waals surface area contributed by atoms with Gasteiger partial charge in [-0.1, -0.05) is 0 Å². The molecule has 1 heterocycles. The summed E-state index contributed by atoms with van der Waals surface area (Å²) in [7, 11) is 0. The monoisotopic (exact) mass is 333 g/mol. The van der Waals surface area contributed by atoms with Crippen LogP contribution in [0.25, 0.3) is 0 Å². The average Bonchev–Trinajstić information content (AvgIpc) is 2.51. The van der Waals surface area contributed by atoms with Crippen molar-refractivity contribution in [1.29, 1.82) is 0 Å². The zero-order valence-corrected chi connectivity index (χ0v) is 12.5. The fraction of sp³-hybridized carbons (Fsp3) is 0.571. The van der Waals surface area contributed by atoms with Crippen LogP contribution in [0.5, 0.6) is 0 Å². The van der Waals surface area contributed by atoms with Crippen molar-refractivity contribution >= 4 is 15.9 Å². The van der Waals surface area contributed by atoms with Crippen LogP contribution in [-0.4, -0.2) is 28.7 Å². The van der Waals surface area contributed by atoms with E-state index in [4.69, 9.17) is 0 Å². The predicted octanol–water partition coefficient (Wildman–Crippen LogP) is 3.46. The van der Waals surface area contributed by atoms with Crippen LogP contribution < -0.4 is 0 Å². The molecular formula is C14H18BrF2NO. The molecule has 1 fully saturated rings. The van der Waals surface area contributed by atoms with Crippen molar-refractivity contribution in [2.75, 3.05) is 13.1 Å². The second-order valence-electron chi connectivity index (χ2n) is 5.45. The van der Waals surface area contributed by atoms with E-state index in [-0.39, 0.29) is 16.6 Å². The van der Waals surface area contributed by atoms with Gasteiger partial charge in [0, 0.05) is 18.7 Å². The molecule has 1 unspecified atom stereocenters. The van der Waals surface area contributed by atoms with Crippen LogP contribution in [0.4, 0.5) is 8.78 Å². The summed E-state index contributed by atoms with van der Waals surface area (Å²) < 4.78 is 27.9. The lowest BCUT2D eigenvalue weighted by atomic mass is 9.98. The number of hydrogen-bond acceptors (Lipinski definition) is 2. The van der Waals surface area contributed by atoms with Crippen molar-refractivity contribution in [2.24, 2.45) is 0 Å². The first kappa shape index (κ1) is 14.9. The van der Waals surface area contributed by atoms with Gasteiger partial charge < -0.3 is 5.11 Å². The maximum absolute atomic E-state index is 13.9. The Morgan fingerprint density at radius 1 is 1.32 bits per heavy atom. The first-order chi connectivity index (χ1) is 8.89. The number of aliphatic hydroxyl groups is 1. The highest BCUT2D eigenvalue weighted by atomic mass is 79.9. The molecule has 0 bridgehead atoms. The molecule has 0 aliphatic carbocycles. The number of halogens is 3. The summed E-state index contributed by atoms with van der Waals surface area (Å²) in [5.41, 5.74) is -0.570. The van der Waals surface area contributed by atoms with Gasteiger partial charge in [0.1, 0.15) is 11.6 Å². The minimum atomic E-state index is -0.664. The number of hydrogen-bond donors (Lipinski definition) is 1. The average molecular weight is 334 g/mol. The SMILES string of the molecule is CC1(O)CCCN(Cc2c(F)ccc(Br)c2F)CC1. The van der Waals surface area contributed by atoms with E-state index in [1.54, 1.807) is 0 Å². The van der Waals surface area contributed by atoms with Gasteiger partial charge in [-0.3, -0.25) is 4.90 Å². The first-order valence-corrected chi connectivity index (χ1v) is 7.25. The van der Waals surface area contributed by atoms with Crippen molar-refractivity contribution in [3.8, 4) is 0 Å². The minimum Gasteiger partial charge on any atom is -0.390 e. The molecule has 1 aromatic rings. The molecule has 19 heavy (non-hydrogen) atoms. The van der Waals surface area contributed by atoms with Crippen molar-refractivity contribution in [2.45, 2.75) is 38.3 Å². The highest BCUT2D eigenvalue weighted by Crippen LogP contribution is 2.26. The third kappa shape index (κ3) is 3.74. The van der Waals surface area contributed by atoms with E-state index in [1.807, 2.05) is 11.8 Å². The van der Waals surface area contributed by atoms with Gasteiger partial charge in [0.05, 0.1) is 10.1 Å². The van der Waals surface area contributed by atoms with Gasteiger partial charge in [-0.25, -0.2) is 8.78 Å². The summed E-state index contributed by atoms with van der Waals surface area (Å²) >= 11 is 3.08. The number of nitrogens with zero attached hydrogens (tertiary/aromatic N) is 1. The van der Waals surface area contributed by atoms with Crippen LogP contribution in [0.15, 0.2) is 16.6 Å². The fourth-order valence-corrected chi connectivity index (χ4v) is 2.79. The molecule has 0 aromatic heterocycles. The van der Waals surface area contributed by atoms with E-state index < -0.39 is 17.2 Å². The van der Waals surface area contributed by atoms with E-state index in [2.05, 4.69) is 15.9 Å². The highest BCUT2D eigenvalue weighted by Gasteiger charge is 2.26. The normalized spacial score (nSPS) is 25.3. The van der Waals surface area contributed by atoms with Gasteiger partial charge in [-0.05, 0) is 60.8 Å². The molecule has 1 aliphatic heterocycles. The molecular weight excluding hydrogens is 316 g/mol. The van der Waals surface area contributed by atoms with Crippen LogP contribution in [0.1, 0.15) is 31.7 Å². The van der Waals surface area contributed by atoms with Crippen molar-refractivity contribution in [3.63, 3.8) is 0 Å². The summed E-state index contributed by atoms with van der Waals surface area (Å²) in [5, 5.41) is 10.0. The molecule has 1 N–H and O–H groups in total. The third-order valence-corrected chi connectivity index (χ3v) is 4.29. The summed E-state index contributed by atoms with van der Waals surface area (Å²) in [6.45, 7) is 3.46. The Bertz CT molecular complexity index is 465. The van der Waals surface area contributed by atoms with Crippen LogP contribution in [0, 0.1) is 11.6 Å². The largest absolute Gasteiger partial charge is 0.390 e. The minimum absolute atomic E-state index is 0.0934. The maximum atomic E-state index is 13.9. The summed E-state index contributed by atoms with van der Waals surface area (Å²) in [6, 6.07) is 2.65. The maximum Gasteiger partial charge on any atom is 0.144 e. The van der Waals surface area contributed by atoms with Crippen LogP contribution in [0.2, 0.25) is 0 Å². The fourth-order valence-electron chi connectivity index (χ4n) is 2.41. The zero-order valence-electron chi connectivity index (χ0n) is 10.9. The summed E-state index contributed by atoms with van der Waals surface area (Å²) in [5.74, 6) is -1.05. The van der Waals surface area contributed by atoms with E-state index in [9.17, 15) is 13.9 Å². The van der Waals surface area contributed by atoms with Gasteiger partial charge in [0.25, 0.3) is 0 Å². The van der Waals surface area contributed by atoms with Gasteiger partial charge in [-0.15, -0.1) is 0 Å². The van der Waals surface area contributed by atoms with E-state index >= 15 is 0 Å². The molecule has 1 aromatic carbocycles. The standard InChI is InChI=1S/C14H18BrF2NO/c1-14(19)5-2-7-18(8-6-14)9-10-12(16)4-3-11(15)13(10)17/h3-4,19H,2,5-9H2,1H3. The number of benzene rings is 1. The Morgan fingerprint density at radius 2 is 2.05 bits per heavy atom. The van der Waals surface area contributed by atoms with E-state index in [1.165, 1.54) is 12.1 Å². The smallest absolute Gasteiger partial charge is 0.144 e. The topological polar surface area (TPSA) is 23.5 Å². The molecule has 1 atom stereocenters. The predicted molar refractivity (Wildman–Crippen MR) is 73.8 cm³/mol. The van der Waals surface area contributed by atoms with Crippen LogP contribution >= 0.6 is 15.9 Å². The molecule has 1 aliphatic rings. The molecule has 0 radical (unpaired) electrons. The van der Waals surface area contributed by atoms with Crippen LogP contribution in [-0.2, 0) is 6.54 Å². The highest BCUT2D eigenvalue weighted by molar-refractivity contribution is 9.10. The Hall–Kier alpha value is -0.520. The lowest BCUT2D eigenvalue weighted by molar-refractivity contribution is 0.0443. The van der Waals surface area contributed by atoms with E-state index in [0.717, 1.165) is 19.4 Å². The molecule has 2 rings (SSSR count). The lowest BCUT2D eigenvalue weighted by Crippen LogP contribution is -2.28. The zero-order chi connectivity index (χ0) is 14.0.